The van der Waals surface area contributed by atoms with E-state index in [4.69, 9.17) is 9.56 Å². The molecule has 0 saturated carbocycles. The number of sulfonamides is 1. The van der Waals surface area contributed by atoms with E-state index in [1.807, 2.05) is 48.5 Å². The van der Waals surface area contributed by atoms with Crippen molar-refractivity contribution in [3.8, 4) is 0 Å². The van der Waals surface area contributed by atoms with Crippen molar-refractivity contribution < 1.29 is 45.2 Å². The molecule has 0 fully saturated rings. The molecular formula is C16H13NNaO3S+. The molecule has 6 heteroatoms. The van der Waals surface area contributed by atoms with Gasteiger partial charge < -0.3 is 5.84 Å². The SMILES string of the molecule is NS(=O)(=O)c1cc2ccc3c4ccccc4ccc3c2o1.[H+].[H-].[Na+]. The molecule has 0 amide bonds. The van der Waals surface area contributed by atoms with Crippen LogP contribution in [0.1, 0.15) is 2.85 Å². The predicted octanol–water partition coefficient (Wildman–Crippen LogP) is 0.616. The second-order valence-corrected chi connectivity index (χ2v) is 6.47. The Morgan fingerprint density at radius 1 is 0.909 bits per heavy atom. The Labute approximate surface area is 152 Å². The smallest absolute Gasteiger partial charge is 1.00 e. The van der Waals surface area contributed by atoms with Gasteiger partial charge in [-0.3, -0.25) is 0 Å². The molecule has 1 heterocycles. The van der Waals surface area contributed by atoms with Crippen LogP contribution in [0.4, 0.5) is 0 Å². The summed E-state index contributed by atoms with van der Waals surface area (Å²) in [5, 5.41) is 9.78. The monoisotopic (exact) mass is 322 g/mol. The number of fused-ring (bicyclic) bond motifs is 5. The molecule has 0 aliphatic rings. The van der Waals surface area contributed by atoms with E-state index in [0.717, 1.165) is 26.9 Å². The van der Waals surface area contributed by atoms with Crippen molar-refractivity contribution in [2.75, 3.05) is 0 Å². The normalized spacial score (nSPS) is 11.9. The number of benzene rings is 3. The van der Waals surface area contributed by atoms with Crippen LogP contribution in [0.15, 0.2) is 64.1 Å². The molecule has 0 bridgehead atoms. The second-order valence-electron chi connectivity index (χ2n) is 4.98. The van der Waals surface area contributed by atoms with E-state index in [2.05, 4.69) is 0 Å². The van der Waals surface area contributed by atoms with E-state index in [1.54, 1.807) is 0 Å². The topological polar surface area (TPSA) is 73.3 Å². The van der Waals surface area contributed by atoms with E-state index < -0.39 is 10.0 Å². The first-order chi connectivity index (χ1) is 10.0. The van der Waals surface area contributed by atoms with Crippen LogP contribution in [0.2, 0.25) is 0 Å². The summed E-state index contributed by atoms with van der Waals surface area (Å²) < 4.78 is 28.4. The van der Waals surface area contributed by atoms with Gasteiger partial charge in [0.1, 0.15) is 5.58 Å². The van der Waals surface area contributed by atoms with Crippen molar-refractivity contribution in [3.63, 3.8) is 0 Å². The Morgan fingerprint density at radius 3 is 2.36 bits per heavy atom. The first-order valence-electron chi connectivity index (χ1n) is 6.41. The van der Waals surface area contributed by atoms with Gasteiger partial charge in [0.2, 0.25) is 5.09 Å². The third-order valence-electron chi connectivity index (χ3n) is 3.66. The molecule has 0 radical (unpaired) electrons. The Morgan fingerprint density at radius 2 is 1.59 bits per heavy atom. The van der Waals surface area contributed by atoms with Gasteiger partial charge in [0, 0.05) is 16.8 Å². The molecule has 4 nitrogen and oxygen atoms in total. The minimum absolute atomic E-state index is 0. The molecule has 0 spiro atoms. The summed E-state index contributed by atoms with van der Waals surface area (Å²) in [6, 6.07) is 17.3. The minimum atomic E-state index is -3.84. The van der Waals surface area contributed by atoms with Crippen molar-refractivity contribution in [1.82, 2.24) is 0 Å². The first-order valence-corrected chi connectivity index (χ1v) is 7.95. The molecule has 22 heavy (non-hydrogen) atoms. The molecule has 1 aromatic heterocycles. The average Bonchev–Trinajstić information content (AvgIpc) is 2.91. The van der Waals surface area contributed by atoms with Crippen molar-refractivity contribution in [3.05, 3.63) is 54.6 Å². The van der Waals surface area contributed by atoms with Gasteiger partial charge in [-0.2, -0.15) is 0 Å². The molecule has 0 unspecified atom stereocenters. The number of rotatable bonds is 1. The number of furan rings is 1. The molecule has 4 rings (SSSR count). The fourth-order valence-corrected chi connectivity index (χ4v) is 3.19. The van der Waals surface area contributed by atoms with Gasteiger partial charge in [0.15, 0.2) is 0 Å². The third-order valence-corrected chi connectivity index (χ3v) is 4.43. The Kier molecular flexibility index (Phi) is 3.79. The maximum Gasteiger partial charge on any atom is 1.00 e. The Balaban J connectivity index is 0.000000960. The van der Waals surface area contributed by atoms with Crippen LogP contribution < -0.4 is 34.7 Å². The second kappa shape index (κ2) is 5.37. The van der Waals surface area contributed by atoms with Gasteiger partial charge in [0.25, 0.3) is 10.0 Å². The Bertz CT molecular complexity index is 1130. The average molecular weight is 322 g/mol. The summed E-state index contributed by atoms with van der Waals surface area (Å²) in [4.78, 5) is 0. The molecule has 0 aliphatic heterocycles. The van der Waals surface area contributed by atoms with E-state index >= 15 is 0 Å². The van der Waals surface area contributed by atoms with Crippen molar-refractivity contribution in [1.29, 1.82) is 0 Å². The predicted molar refractivity (Wildman–Crippen MR) is 84.8 cm³/mol. The van der Waals surface area contributed by atoms with Crippen molar-refractivity contribution >= 4 is 42.5 Å². The van der Waals surface area contributed by atoms with Gasteiger partial charge in [-0.05, 0) is 22.2 Å². The molecule has 106 valence electrons. The molecule has 0 aliphatic carbocycles. The fourth-order valence-electron chi connectivity index (χ4n) is 2.70. The summed E-state index contributed by atoms with van der Waals surface area (Å²) in [6.45, 7) is 0. The maximum absolute atomic E-state index is 11.4. The minimum Gasteiger partial charge on any atom is -1.00 e. The molecule has 4 aromatic rings. The van der Waals surface area contributed by atoms with Gasteiger partial charge in [-0.15, -0.1) is 0 Å². The number of primary sulfonamides is 1. The van der Waals surface area contributed by atoms with Crippen LogP contribution in [0.3, 0.4) is 0 Å². The largest absolute Gasteiger partial charge is 1.00 e. The van der Waals surface area contributed by atoms with Crippen molar-refractivity contribution in [2.45, 2.75) is 5.09 Å². The summed E-state index contributed by atoms with van der Waals surface area (Å²) in [7, 11) is -3.84. The molecule has 2 N–H and O–H groups in total. The zero-order valence-corrected chi connectivity index (χ0v) is 14.7. The van der Waals surface area contributed by atoms with Gasteiger partial charge in [0.05, 0.1) is 0 Å². The fraction of sp³-hybridized carbons (Fsp3) is 0. The van der Waals surface area contributed by atoms with Crippen molar-refractivity contribution in [2.24, 2.45) is 5.14 Å². The van der Waals surface area contributed by atoms with Crippen LogP contribution in [-0.4, -0.2) is 8.42 Å². The summed E-state index contributed by atoms with van der Waals surface area (Å²) in [6.07, 6.45) is 0. The summed E-state index contributed by atoms with van der Waals surface area (Å²) in [5.41, 5.74) is 0.544. The van der Waals surface area contributed by atoms with Crippen LogP contribution in [-0.2, 0) is 10.0 Å². The number of nitrogens with two attached hydrogens (primary N) is 1. The van der Waals surface area contributed by atoms with E-state index in [9.17, 15) is 8.42 Å². The molecule has 0 saturated heterocycles. The third kappa shape index (κ3) is 2.35. The van der Waals surface area contributed by atoms with E-state index in [-0.39, 0.29) is 37.5 Å². The summed E-state index contributed by atoms with van der Waals surface area (Å²) >= 11 is 0. The van der Waals surface area contributed by atoms with Gasteiger partial charge >= 0.3 is 31.0 Å². The maximum atomic E-state index is 11.4. The van der Waals surface area contributed by atoms with Gasteiger partial charge in [-0.1, -0.05) is 42.5 Å². The quantitative estimate of drug-likeness (QED) is 0.412. The molecule has 0 atom stereocenters. The molecular weight excluding hydrogens is 309 g/mol. The van der Waals surface area contributed by atoms with Crippen LogP contribution in [0, 0.1) is 0 Å². The van der Waals surface area contributed by atoms with E-state index in [0.29, 0.717) is 5.58 Å². The van der Waals surface area contributed by atoms with Crippen LogP contribution in [0.5, 0.6) is 0 Å². The first kappa shape index (κ1) is 15.5. The molecule has 3 aromatic carbocycles. The number of hydrogen-bond acceptors (Lipinski definition) is 3. The zero-order valence-electron chi connectivity index (χ0n) is 13.9. The number of hydrogen-bond donors (Lipinski definition) is 1. The Hall–Kier alpha value is -1.37. The van der Waals surface area contributed by atoms with Crippen LogP contribution >= 0.6 is 0 Å². The van der Waals surface area contributed by atoms with Gasteiger partial charge in [-0.25, -0.2) is 13.6 Å². The van der Waals surface area contributed by atoms with E-state index in [1.165, 1.54) is 6.07 Å². The van der Waals surface area contributed by atoms with Crippen LogP contribution in [0.25, 0.3) is 32.5 Å². The summed E-state index contributed by atoms with van der Waals surface area (Å²) in [5.74, 6) is 0. The zero-order chi connectivity index (χ0) is 14.6. The standard InChI is InChI=1S/C16H11NO3S.Na.H/c17-21(18,19)15-9-11-6-7-13-12-4-2-1-3-10(12)5-8-14(13)16(11)20-15;;/h1-9H,(H2,17,18,19);;/q;+1;-1/p+1.